The van der Waals surface area contributed by atoms with Crippen molar-refractivity contribution in [2.45, 2.75) is 19.9 Å². The molecule has 5 rings (SSSR count). The third-order valence-electron chi connectivity index (χ3n) is 5.88. The Bertz CT molecular complexity index is 1640. The molecular formula is C28H23N3O4. The molecule has 0 bridgehead atoms. The zero-order valence-corrected chi connectivity index (χ0v) is 19.5. The molecule has 0 spiro atoms. The number of fused-ring (bicyclic) bond motifs is 2. The molecular weight excluding hydrogens is 442 g/mol. The second kappa shape index (κ2) is 9.02. The van der Waals surface area contributed by atoms with Crippen LogP contribution < -0.4 is 10.7 Å². The summed E-state index contributed by atoms with van der Waals surface area (Å²) in [5, 5.41) is 3.86. The molecule has 0 amide bonds. The summed E-state index contributed by atoms with van der Waals surface area (Å²) in [5.74, 6) is -0.0550. The summed E-state index contributed by atoms with van der Waals surface area (Å²) in [5.41, 5.74) is 5.12. The van der Waals surface area contributed by atoms with Crippen LogP contribution in [0.15, 0.2) is 82.1 Å². The van der Waals surface area contributed by atoms with E-state index < -0.39 is 5.97 Å². The molecule has 1 N–H and O–H groups in total. The van der Waals surface area contributed by atoms with Crippen LogP contribution >= 0.6 is 0 Å². The van der Waals surface area contributed by atoms with Gasteiger partial charge in [0.25, 0.3) is 0 Å². The van der Waals surface area contributed by atoms with Gasteiger partial charge in [-0.05, 0) is 61.9 Å². The maximum Gasteiger partial charge on any atom is 0.339 e. The summed E-state index contributed by atoms with van der Waals surface area (Å²) in [6, 6.07) is 19.5. The molecule has 2 aromatic carbocycles. The van der Waals surface area contributed by atoms with Crippen LogP contribution in [-0.2, 0) is 4.74 Å². The van der Waals surface area contributed by atoms with E-state index in [1.54, 1.807) is 24.4 Å². The predicted octanol–water partition coefficient (Wildman–Crippen LogP) is 5.67. The van der Waals surface area contributed by atoms with Crippen molar-refractivity contribution in [2.24, 2.45) is 0 Å². The number of hydrogen-bond acceptors (Lipinski definition) is 7. The van der Waals surface area contributed by atoms with Gasteiger partial charge in [0.15, 0.2) is 11.2 Å². The molecule has 0 saturated heterocycles. The van der Waals surface area contributed by atoms with Crippen LogP contribution in [0.1, 0.15) is 34.5 Å². The SMILES string of the molecule is COC(=O)c1ccccc1NC(C)c1cc(C)cc2c(=O)cc(-c3ccc4ncccc4n3)oc12. The number of para-hydroxylation sites is 1. The van der Waals surface area contributed by atoms with Crippen LogP contribution in [0.25, 0.3) is 33.5 Å². The van der Waals surface area contributed by atoms with Gasteiger partial charge in [0.1, 0.15) is 11.3 Å². The van der Waals surface area contributed by atoms with Crippen molar-refractivity contribution in [1.29, 1.82) is 0 Å². The minimum atomic E-state index is -0.430. The number of methoxy groups -OCH3 is 1. The summed E-state index contributed by atoms with van der Waals surface area (Å²) >= 11 is 0. The van der Waals surface area contributed by atoms with Crippen LogP contribution in [0.3, 0.4) is 0 Å². The van der Waals surface area contributed by atoms with E-state index in [0.717, 1.165) is 16.6 Å². The first-order valence-electron chi connectivity index (χ1n) is 11.2. The fraction of sp³-hybridized carbons (Fsp3) is 0.143. The van der Waals surface area contributed by atoms with Crippen LogP contribution in [0.5, 0.6) is 0 Å². The van der Waals surface area contributed by atoms with E-state index in [9.17, 15) is 9.59 Å². The number of aromatic nitrogens is 2. The lowest BCUT2D eigenvalue weighted by Crippen LogP contribution is -2.13. The quantitative estimate of drug-likeness (QED) is 0.334. The summed E-state index contributed by atoms with van der Waals surface area (Å²) in [4.78, 5) is 34.3. The van der Waals surface area contributed by atoms with Crippen LogP contribution in [0.2, 0.25) is 0 Å². The van der Waals surface area contributed by atoms with Gasteiger partial charge in [-0.25, -0.2) is 9.78 Å². The maximum absolute atomic E-state index is 13.1. The Morgan fingerprint density at radius 2 is 1.86 bits per heavy atom. The van der Waals surface area contributed by atoms with Crippen molar-refractivity contribution in [1.82, 2.24) is 9.97 Å². The largest absolute Gasteiger partial charge is 0.465 e. The fourth-order valence-electron chi connectivity index (χ4n) is 4.18. The van der Waals surface area contributed by atoms with Crippen molar-refractivity contribution < 1.29 is 13.9 Å². The lowest BCUT2D eigenvalue weighted by Gasteiger charge is -2.19. The van der Waals surface area contributed by atoms with Gasteiger partial charge >= 0.3 is 5.97 Å². The highest BCUT2D eigenvalue weighted by atomic mass is 16.5. The number of rotatable bonds is 5. The van der Waals surface area contributed by atoms with E-state index >= 15 is 0 Å². The number of ether oxygens (including phenoxy) is 1. The second-order valence-electron chi connectivity index (χ2n) is 8.35. The van der Waals surface area contributed by atoms with Crippen molar-refractivity contribution in [3.05, 3.63) is 99.8 Å². The Balaban J connectivity index is 1.62. The highest BCUT2D eigenvalue weighted by Crippen LogP contribution is 2.31. The number of nitrogens with one attached hydrogen (secondary N) is 1. The van der Waals surface area contributed by atoms with Crippen molar-refractivity contribution in [2.75, 3.05) is 12.4 Å². The standard InChI is InChI=1S/C28H23N3O4/c1-16-13-19(17(2)30-21-8-5-4-7-18(21)28(33)34-3)27-20(14-16)25(32)15-26(35-27)24-11-10-22-23(31-24)9-6-12-29-22/h4-15,17,30H,1-3H3. The smallest absolute Gasteiger partial charge is 0.339 e. The zero-order valence-electron chi connectivity index (χ0n) is 19.5. The first kappa shape index (κ1) is 22.3. The highest BCUT2D eigenvalue weighted by Gasteiger charge is 2.19. The predicted molar refractivity (Wildman–Crippen MR) is 136 cm³/mol. The molecule has 0 aliphatic rings. The first-order chi connectivity index (χ1) is 16.9. The van der Waals surface area contributed by atoms with E-state index in [1.165, 1.54) is 13.2 Å². The molecule has 0 aliphatic heterocycles. The molecule has 0 saturated carbocycles. The first-order valence-corrected chi connectivity index (χ1v) is 11.2. The number of anilines is 1. The average molecular weight is 466 g/mol. The monoisotopic (exact) mass is 465 g/mol. The fourth-order valence-corrected chi connectivity index (χ4v) is 4.18. The minimum Gasteiger partial charge on any atom is -0.465 e. The van der Waals surface area contributed by atoms with Gasteiger partial charge in [0, 0.05) is 23.5 Å². The Hall–Kier alpha value is -4.52. The molecule has 35 heavy (non-hydrogen) atoms. The third-order valence-corrected chi connectivity index (χ3v) is 5.88. The molecule has 1 atom stereocenters. The van der Waals surface area contributed by atoms with Crippen LogP contribution in [-0.4, -0.2) is 23.0 Å². The summed E-state index contributed by atoms with van der Waals surface area (Å²) in [6.45, 7) is 3.89. The molecule has 1 unspecified atom stereocenters. The average Bonchev–Trinajstić information content (AvgIpc) is 2.88. The molecule has 3 heterocycles. The van der Waals surface area contributed by atoms with Gasteiger partial charge in [-0.15, -0.1) is 0 Å². The van der Waals surface area contributed by atoms with Gasteiger partial charge in [-0.1, -0.05) is 18.2 Å². The molecule has 5 aromatic rings. The van der Waals surface area contributed by atoms with E-state index in [1.807, 2.05) is 56.3 Å². The van der Waals surface area contributed by atoms with E-state index in [2.05, 4.69) is 15.3 Å². The Labute approximate surface area is 201 Å². The lowest BCUT2D eigenvalue weighted by molar-refractivity contribution is 0.0602. The Kier molecular flexibility index (Phi) is 5.74. The van der Waals surface area contributed by atoms with Crippen LogP contribution in [0.4, 0.5) is 5.69 Å². The number of benzene rings is 2. The summed E-state index contributed by atoms with van der Waals surface area (Å²) in [6.07, 6.45) is 1.71. The highest BCUT2D eigenvalue weighted by molar-refractivity contribution is 5.95. The van der Waals surface area contributed by atoms with Gasteiger partial charge in [-0.3, -0.25) is 9.78 Å². The lowest BCUT2D eigenvalue weighted by atomic mass is 10.0. The molecule has 3 aromatic heterocycles. The topological polar surface area (TPSA) is 94.3 Å². The maximum atomic E-state index is 13.1. The van der Waals surface area contributed by atoms with Crippen molar-refractivity contribution in [3.63, 3.8) is 0 Å². The Morgan fingerprint density at radius 3 is 2.69 bits per heavy atom. The number of hydrogen-bond donors (Lipinski definition) is 1. The number of esters is 1. The molecule has 7 nitrogen and oxygen atoms in total. The summed E-state index contributed by atoms with van der Waals surface area (Å²) < 4.78 is 11.2. The van der Waals surface area contributed by atoms with Crippen LogP contribution in [0, 0.1) is 6.92 Å². The number of pyridine rings is 2. The molecule has 0 aliphatic carbocycles. The third kappa shape index (κ3) is 4.24. The summed E-state index contributed by atoms with van der Waals surface area (Å²) in [7, 11) is 1.35. The Morgan fingerprint density at radius 1 is 1.03 bits per heavy atom. The van der Waals surface area contributed by atoms with Crippen molar-refractivity contribution >= 4 is 33.7 Å². The molecule has 0 radical (unpaired) electrons. The van der Waals surface area contributed by atoms with E-state index in [-0.39, 0.29) is 11.5 Å². The molecule has 7 heteroatoms. The molecule has 174 valence electrons. The van der Waals surface area contributed by atoms with E-state index in [0.29, 0.717) is 39.2 Å². The number of carbonyl (C=O) groups excluding carboxylic acids is 1. The van der Waals surface area contributed by atoms with Gasteiger partial charge in [0.05, 0.1) is 35.1 Å². The second-order valence-corrected chi connectivity index (χ2v) is 8.35. The number of nitrogens with zero attached hydrogens (tertiary/aromatic N) is 2. The molecule has 0 fully saturated rings. The van der Waals surface area contributed by atoms with Gasteiger partial charge < -0.3 is 14.5 Å². The zero-order chi connectivity index (χ0) is 24.5. The number of carbonyl (C=O) groups is 1. The minimum absolute atomic E-state index is 0.151. The van der Waals surface area contributed by atoms with Gasteiger partial charge in [0.2, 0.25) is 0 Å². The van der Waals surface area contributed by atoms with Gasteiger partial charge in [-0.2, -0.15) is 0 Å². The van der Waals surface area contributed by atoms with Crippen molar-refractivity contribution in [3.8, 4) is 11.5 Å². The van der Waals surface area contributed by atoms with E-state index in [4.69, 9.17) is 9.15 Å². The number of aryl methyl sites for hydroxylation is 1. The normalized spacial score (nSPS) is 12.0.